The number of anilines is 2. The van der Waals surface area contributed by atoms with Crippen LogP contribution in [0.3, 0.4) is 0 Å². The van der Waals surface area contributed by atoms with Crippen LogP contribution in [-0.2, 0) is 6.54 Å². The molecular weight excluding hydrogens is 234 g/mol. The molecule has 2 rings (SSSR count). The van der Waals surface area contributed by atoms with Crippen LogP contribution in [0.1, 0.15) is 15.9 Å². The Morgan fingerprint density at radius 2 is 2.18 bits per heavy atom. The van der Waals surface area contributed by atoms with Gasteiger partial charge in [0.05, 0.1) is 5.56 Å². The summed E-state index contributed by atoms with van der Waals surface area (Å²) in [6, 6.07) is 7.22. The quantitative estimate of drug-likeness (QED) is 0.723. The van der Waals surface area contributed by atoms with Crippen molar-refractivity contribution >= 4 is 28.6 Å². The van der Waals surface area contributed by atoms with Crippen molar-refractivity contribution in [2.75, 3.05) is 11.1 Å². The standard InChI is InChI=1S/C12H13N3OS/c13-11-2-1-9(5-10(11)12(14)16)15-6-8-3-4-17-7-8/h1-5,7,15H,6,13H2,(H2,14,16). The smallest absolute Gasteiger partial charge is 0.250 e. The number of primary amides is 1. The molecule has 1 aromatic carbocycles. The zero-order valence-corrected chi connectivity index (χ0v) is 9.96. The summed E-state index contributed by atoms with van der Waals surface area (Å²) in [6.45, 7) is 0.714. The minimum atomic E-state index is -0.512. The van der Waals surface area contributed by atoms with Crippen molar-refractivity contribution in [1.29, 1.82) is 0 Å². The van der Waals surface area contributed by atoms with Crippen molar-refractivity contribution in [1.82, 2.24) is 0 Å². The Balaban J connectivity index is 2.11. The van der Waals surface area contributed by atoms with Crippen LogP contribution in [0.15, 0.2) is 35.0 Å². The zero-order chi connectivity index (χ0) is 12.3. The molecule has 0 aliphatic heterocycles. The second-order valence-electron chi connectivity index (χ2n) is 3.65. The van der Waals surface area contributed by atoms with Crippen molar-refractivity contribution in [2.24, 2.45) is 5.73 Å². The van der Waals surface area contributed by atoms with Gasteiger partial charge >= 0.3 is 0 Å². The Bertz CT molecular complexity index is 523. The number of thiophene rings is 1. The molecule has 4 nitrogen and oxygen atoms in total. The van der Waals surface area contributed by atoms with Crippen molar-refractivity contribution < 1.29 is 4.79 Å². The summed E-state index contributed by atoms with van der Waals surface area (Å²) in [5.41, 5.74) is 13.7. The van der Waals surface area contributed by atoms with Gasteiger partial charge in [-0.05, 0) is 40.6 Å². The number of rotatable bonds is 4. The molecule has 0 saturated heterocycles. The van der Waals surface area contributed by atoms with Crippen LogP contribution in [0.2, 0.25) is 0 Å². The molecule has 0 aliphatic carbocycles. The van der Waals surface area contributed by atoms with E-state index in [-0.39, 0.29) is 0 Å². The van der Waals surface area contributed by atoms with Crippen LogP contribution in [0.25, 0.3) is 0 Å². The van der Waals surface area contributed by atoms with E-state index in [0.717, 1.165) is 5.69 Å². The fourth-order valence-corrected chi connectivity index (χ4v) is 2.15. The first kappa shape index (κ1) is 11.5. The van der Waals surface area contributed by atoms with E-state index in [1.54, 1.807) is 23.5 Å². The molecule has 1 aromatic heterocycles. The Morgan fingerprint density at radius 3 is 2.82 bits per heavy atom. The monoisotopic (exact) mass is 247 g/mol. The van der Waals surface area contributed by atoms with Crippen LogP contribution in [0.4, 0.5) is 11.4 Å². The first-order chi connectivity index (χ1) is 8.16. The Kier molecular flexibility index (Phi) is 3.30. The summed E-state index contributed by atoms with van der Waals surface area (Å²) in [5, 5.41) is 7.30. The van der Waals surface area contributed by atoms with Gasteiger partial charge in [0, 0.05) is 17.9 Å². The summed E-state index contributed by atoms with van der Waals surface area (Å²) in [7, 11) is 0. The highest BCUT2D eigenvalue weighted by molar-refractivity contribution is 7.07. The molecule has 0 atom stereocenters. The van der Waals surface area contributed by atoms with Gasteiger partial charge in [-0.15, -0.1) is 0 Å². The SMILES string of the molecule is NC(=O)c1cc(NCc2ccsc2)ccc1N. The van der Waals surface area contributed by atoms with Gasteiger partial charge in [-0.3, -0.25) is 4.79 Å². The van der Waals surface area contributed by atoms with Crippen LogP contribution >= 0.6 is 11.3 Å². The van der Waals surface area contributed by atoms with Crippen molar-refractivity contribution in [3.8, 4) is 0 Å². The van der Waals surface area contributed by atoms with Gasteiger partial charge in [-0.2, -0.15) is 11.3 Å². The van der Waals surface area contributed by atoms with E-state index in [1.807, 2.05) is 17.5 Å². The van der Waals surface area contributed by atoms with Crippen LogP contribution in [-0.4, -0.2) is 5.91 Å². The molecule has 0 spiro atoms. The van der Waals surface area contributed by atoms with Gasteiger partial charge in [0.1, 0.15) is 0 Å². The number of hydrogen-bond acceptors (Lipinski definition) is 4. The first-order valence-corrected chi connectivity index (χ1v) is 6.05. The number of nitrogen functional groups attached to an aromatic ring is 1. The fraction of sp³-hybridized carbons (Fsp3) is 0.0833. The molecular formula is C12H13N3OS. The van der Waals surface area contributed by atoms with Gasteiger partial charge in [-0.25, -0.2) is 0 Å². The topological polar surface area (TPSA) is 81.1 Å². The van der Waals surface area contributed by atoms with E-state index in [0.29, 0.717) is 17.8 Å². The number of hydrogen-bond donors (Lipinski definition) is 3. The number of amides is 1. The third-order valence-corrected chi connectivity index (χ3v) is 3.13. The highest BCUT2D eigenvalue weighted by Crippen LogP contribution is 2.18. The molecule has 2 aromatic rings. The minimum Gasteiger partial charge on any atom is -0.398 e. The molecule has 0 aliphatic rings. The lowest BCUT2D eigenvalue weighted by Crippen LogP contribution is -2.14. The lowest BCUT2D eigenvalue weighted by atomic mass is 10.1. The predicted octanol–water partition coefficient (Wildman–Crippen LogP) is 2.04. The molecule has 0 bridgehead atoms. The predicted molar refractivity (Wildman–Crippen MR) is 71.0 cm³/mol. The summed E-state index contributed by atoms with van der Waals surface area (Å²) in [6.07, 6.45) is 0. The van der Waals surface area contributed by atoms with E-state index in [1.165, 1.54) is 5.56 Å². The maximum atomic E-state index is 11.1. The molecule has 0 fully saturated rings. The normalized spacial score (nSPS) is 10.1. The molecule has 88 valence electrons. The molecule has 5 N–H and O–H groups in total. The number of benzene rings is 1. The lowest BCUT2D eigenvalue weighted by molar-refractivity contribution is 0.100. The number of nitrogens with one attached hydrogen (secondary N) is 1. The molecule has 17 heavy (non-hydrogen) atoms. The van der Waals surface area contributed by atoms with Gasteiger partial charge in [0.2, 0.25) is 0 Å². The van der Waals surface area contributed by atoms with E-state index in [9.17, 15) is 4.79 Å². The minimum absolute atomic E-state index is 0.348. The number of carbonyl (C=O) groups excluding carboxylic acids is 1. The van der Waals surface area contributed by atoms with Crippen LogP contribution < -0.4 is 16.8 Å². The zero-order valence-electron chi connectivity index (χ0n) is 9.14. The average molecular weight is 247 g/mol. The highest BCUT2D eigenvalue weighted by atomic mass is 32.1. The van der Waals surface area contributed by atoms with Gasteiger partial charge < -0.3 is 16.8 Å². The average Bonchev–Trinajstić information content (AvgIpc) is 2.80. The second kappa shape index (κ2) is 4.88. The summed E-state index contributed by atoms with van der Waals surface area (Å²) >= 11 is 1.65. The van der Waals surface area contributed by atoms with Gasteiger partial charge in [0.25, 0.3) is 5.91 Å². The van der Waals surface area contributed by atoms with Crippen molar-refractivity contribution in [3.05, 3.63) is 46.2 Å². The molecule has 0 saturated carbocycles. The largest absolute Gasteiger partial charge is 0.398 e. The highest BCUT2D eigenvalue weighted by Gasteiger charge is 2.06. The first-order valence-electron chi connectivity index (χ1n) is 5.11. The number of carbonyl (C=O) groups is 1. The molecule has 1 amide bonds. The van der Waals surface area contributed by atoms with E-state index < -0.39 is 5.91 Å². The van der Waals surface area contributed by atoms with E-state index >= 15 is 0 Å². The fourth-order valence-electron chi connectivity index (χ4n) is 1.48. The lowest BCUT2D eigenvalue weighted by Gasteiger charge is -2.08. The van der Waals surface area contributed by atoms with Crippen molar-refractivity contribution in [2.45, 2.75) is 6.54 Å². The Hall–Kier alpha value is -2.01. The molecule has 0 unspecified atom stereocenters. The summed E-state index contributed by atoms with van der Waals surface area (Å²) in [5.74, 6) is -0.512. The van der Waals surface area contributed by atoms with Crippen LogP contribution in [0.5, 0.6) is 0 Å². The third kappa shape index (κ3) is 2.76. The maximum absolute atomic E-state index is 11.1. The Labute approximate surface area is 103 Å². The summed E-state index contributed by atoms with van der Waals surface area (Å²) in [4.78, 5) is 11.1. The summed E-state index contributed by atoms with van der Waals surface area (Å²) < 4.78 is 0. The maximum Gasteiger partial charge on any atom is 0.250 e. The van der Waals surface area contributed by atoms with E-state index in [2.05, 4.69) is 10.7 Å². The van der Waals surface area contributed by atoms with Crippen LogP contribution in [0, 0.1) is 0 Å². The molecule has 0 radical (unpaired) electrons. The molecule has 1 heterocycles. The third-order valence-electron chi connectivity index (χ3n) is 2.40. The van der Waals surface area contributed by atoms with Crippen molar-refractivity contribution in [3.63, 3.8) is 0 Å². The molecule has 5 heteroatoms. The Morgan fingerprint density at radius 1 is 1.35 bits per heavy atom. The number of nitrogens with two attached hydrogens (primary N) is 2. The van der Waals surface area contributed by atoms with E-state index in [4.69, 9.17) is 11.5 Å². The van der Waals surface area contributed by atoms with Gasteiger partial charge in [0.15, 0.2) is 0 Å². The second-order valence-corrected chi connectivity index (χ2v) is 4.43. The van der Waals surface area contributed by atoms with Gasteiger partial charge in [-0.1, -0.05) is 0 Å².